The Morgan fingerprint density at radius 2 is 1.79 bits per heavy atom. The van der Waals surface area contributed by atoms with Crippen LogP contribution in [0.25, 0.3) is 16.7 Å². The van der Waals surface area contributed by atoms with Crippen molar-refractivity contribution in [1.29, 1.82) is 0 Å². The maximum atomic E-state index is 14.1. The normalized spacial score (nSPS) is 12.6. The van der Waals surface area contributed by atoms with Crippen LogP contribution in [-0.4, -0.2) is 37.2 Å². The van der Waals surface area contributed by atoms with E-state index in [0.717, 1.165) is 33.8 Å². The van der Waals surface area contributed by atoms with Gasteiger partial charge in [0.25, 0.3) is 5.91 Å². The average Bonchev–Trinajstić information content (AvgIpc) is 3.50. The number of aryl methyl sites for hydroxylation is 3. The number of nitrogens with one attached hydrogen (secondary N) is 2. The molecule has 0 spiro atoms. The highest BCUT2D eigenvalue weighted by molar-refractivity contribution is 6.34. The van der Waals surface area contributed by atoms with Crippen LogP contribution >= 0.6 is 11.6 Å². The van der Waals surface area contributed by atoms with Crippen molar-refractivity contribution in [2.24, 2.45) is 0 Å². The van der Waals surface area contributed by atoms with Crippen molar-refractivity contribution in [2.45, 2.75) is 32.9 Å². The number of amides is 1. The molecule has 2 aromatic heterocycles. The van der Waals surface area contributed by atoms with E-state index in [2.05, 4.69) is 20.4 Å². The van der Waals surface area contributed by atoms with Gasteiger partial charge < -0.3 is 10.3 Å². The van der Waals surface area contributed by atoms with E-state index in [1.165, 1.54) is 17.1 Å². The van der Waals surface area contributed by atoms with Crippen LogP contribution in [-0.2, 0) is 6.18 Å². The van der Waals surface area contributed by atoms with Crippen LogP contribution in [0.2, 0.25) is 5.02 Å². The Labute approximate surface area is 227 Å². The molecule has 0 bridgehead atoms. The number of aromatic amines is 1. The van der Waals surface area contributed by atoms with Crippen molar-refractivity contribution in [3.8, 4) is 5.69 Å². The fraction of sp³-hybridized carbons (Fsp3) is 0.214. The number of carbonyl (C=O) groups excluding carboxylic acids is 1. The second-order valence-corrected chi connectivity index (χ2v) is 9.74. The summed E-state index contributed by atoms with van der Waals surface area (Å²) in [5.74, 6) is -0.434. The summed E-state index contributed by atoms with van der Waals surface area (Å²) in [5, 5.41) is 6.35. The quantitative estimate of drug-likeness (QED) is 0.259. The van der Waals surface area contributed by atoms with Crippen molar-refractivity contribution >= 4 is 28.5 Å². The molecule has 3 aromatic carbocycles. The van der Waals surface area contributed by atoms with E-state index in [1.807, 2.05) is 56.3 Å². The van der Waals surface area contributed by atoms with E-state index in [0.29, 0.717) is 11.6 Å². The van der Waals surface area contributed by atoms with Gasteiger partial charge in [-0.1, -0.05) is 41.9 Å². The highest BCUT2D eigenvalue weighted by Gasteiger charge is 2.37. The van der Waals surface area contributed by atoms with E-state index in [9.17, 15) is 18.0 Å². The minimum atomic E-state index is -4.84. The molecule has 0 aliphatic heterocycles. The molecule has 39 heavy (non-hydrogen) atoms. The van der Waals surface area contributed by atoms with Crippen LogP contribution in [0.5, 0.6) is 0 Å². The van der Waals surface area contributed by atoms with Crippen molar-refractivity contribution in [3.63, 3.8) is 0 Å². The Balaban J connectivity index is 1.49. The molecular formula is C28H24ClF3N6O. The van der Waals surface area contributed by atoms with E-state index in [4.69, 9.17) is 16.6 Å². The zero-order chi connectivity index (χ0) is 27.9. The van der Waals surface area contributed by atoms with Crippen LogP contribution in [0, 0.1) is 20.8 Å². The number of carbonyl (C=O) groups is 1. The zero-order valence-corrected chi connectivity index (χ0v) is 22.0. The summed E-state index contributed by atoms with van der Waals surface area (Å²) < 4.78 is 43.5. The van der Waals surface area contributed by atoms with Crippen LogP contribution in [0.15, 0.2) is 60.9 Å². The summed E-state index contributed by atoms with van der Waals surface area (Å²) >= 11 is 6.28. The third-order valence-corrected chi connectivity index (χ3v) is 6.89. The van der Waals surface area contributed by atoms with Gasteiger partial charge in [-0.3, -0.25) is 4.79 Å². The van der Waals surface area contributed by atoms with E-state index in [-0.39, 0.29) is 17.3 Å². The van der Waals surface area contributed by atoms with Crippen LogP contribution in [0.4, 0.5) is 13.2 Å². The molecule has 1 atom stereocenters. The van der Waals surface area contributed by atoms with Crippen molar-refractivity contribution in [3.05, 3.63) is 105 Å². The molecule has 2 heterocycles. The molecule has 0 aliphatic carbocycles. The number of nitrogens with zero attached hydrogens (tertiary/aromatic N) is 4. The summed E-state index contributed by atoms with van der Waals surface area (Å²) in [5.41, 5.74) is 2.84. The zero-order valence-electron chi connectivity index (χ0n) is 21.3. The number of aromatic nitrogens is 5. The number of benzene rings is 3. The minimum Gasteiger partial charge on any atom is -0.351 e. The van der Waals surface area contributed by atoms with Crippen LogP contribution in [0.1, 0.15) is 50.2 Å². The molecule has 0 saturated carbocycles. The summed E-state index contributed by atoms with van der Waals surface area (Å²) in [7, 11) is 0. The van der Waals surface area contributed by atoms with E-state index < -0.39 is 29.1 Å². The van der Waals surface area contributed by atoms with Gasteiger partial charge >= 0.3 is 6.18 Å². The Morgan fingerprint density at radius 3 is 2.46 bits per heavy atom. The minimum absolute atomic E-state index is 0.0156. The standard InChI is InChI=1S/C28H24ClF3N6O/c1-15-9-23-24(10-16(15)2)36-26(35-23)20(18-7-5-4-6-8-18)13-33-27(39)25-21(28(30,31)32)11-19(12-22(25)29)38-14-34-17(3)37-38/h4-12,14,20H,13H2,1-3H3,(H,33,39)(H,35,36)/t20-/m0/s1. The fourth-order valence-corrected chi connectivity index (χ4v) is 4.74. The predicted molar refractivity (Wildman–Crippen MR) is 142 cm³/mol. The average molecular weight is 553 g/mol. The summed E-state index contributed by atoms with van der Waals surface area (Å²) in [6.07, 6.45) is -3.56. The second-order valence-electron chi connectivity index (χ2n) is 9.33. The highest BCUT2D eigenvalue weighted by Crippen LogP contribution is 2.37. The number of hydrogen-bond donors (Lipinski definition) is 2. The molecular weight excluding hydrogens is 529 g/mol. The molecule has 0 fully saturated rings. The SMILES string of the molecule is Cc1ncn(-c2cc(Cl)c(C(=O)NC[C@@H](c3ccccc3)c3nc4cc(C)c(C)cc4[nH]3)c(C(F)(F)F)c2)n1. The number of halogens is 4. The lowest BCUT2D eigenvalue weighted by molar-refractivity contribution is -0.137. The van der Waals surface area contributed by atoms with E-state index >= 15 is 0 Å². The van der Waals surface area contributed by atoms with Crippen LogP contribution < -0.4 is 5.32 Å². The van der Waals surface area contributed by atoms with Gasteiger partial charge in [0.2, 0.25) is 0 Å². The summed E-state index contributed by atoms with van der Waals surface area (Å²) in [4.78, 5) is 25.2. The first kappa shape index (κ1) is 26.4. The lowest BCUT2D eigenvalue weighted by Crippen LogP contribution is -2.31. The van der Waals surface area contributed by atoms with Crippen LogP contribution in [0.3, 0.4) is 0 Å². The Bertz CT molecular complexity index is 1640. The molecule has 5 rings (SSSR count). The molecule has 0 unspecified atom stereocenters. The Morgan fingerprint density at radius 1 is 1.08 bits per heavy atom. The van der Waals surface area contributed by atoms with E-state index in [1.54, 1.807) is 6.92 Å². The smallest absolute Gasteiger partial charge is 0.351 e. The number of rotatable bonds is 6. The van der Waals surface area contributed by atoms with Gasteiger partial charge in [-0.25, -0.2) is 14.6 Å². The maximum Gasteiger partial charge on any atom is 0.417 e. The topological polar surface area (TPSA) is 88.5 Å². The molecule has 0 aliphatic rings. The summed E-state index contributed by atoms with van der Waals surface area (Å²) in [6.45, 7) is 5.59. The number of imidazole rings is 1. The van der Waals surface area contributed by atoms with Gasteiger partial charge in [0.05, 0.1) is 38.8 Å². The van der Waals surface area contributed by atoms with Gasteiger partial charge in [-0.15, -0.1) is 0 Å². The lowest BCUT2D eigenvalue weighted by Gasteiger charge is -2.19. The van der Waals surface area contributed by atoms with Crippen molar-refractivity contribution < 1.29 is 18.0 Å². The van der Waals surface area contributed by atoms with Crippen molar-refractivity contribution in [1.82, 2.24) is 30.0 Å². The first-order chi connectivity index (χ1) is 18.5. The number of H-pyrrole nitrogens is 1. The molecule has 5 aromatic rings. The predicted octanol–water partition coefficient (Wildman–Crippen LogP) is 6.30. The Hall–Kier alpha value is -4.18. The first-order valence-electron chi connectivity index (χ1n) is 12.1. The number of hydrogen-bond acceptors (Lipinski definition) is 4. The second kappa shape index (κ2) is 10.2. The maximum absolute atomic E-state index is 14.1. The van der Waals surface area contributed by atoms with Gasteiger partial charge in [-0.2, -0.15) is 18.3 Å². The lowest BCUT2D eigenvalue weighted by atomic mass is 9.98. The molecule has 0 saturated heterocycles. The third-order valence-electron chi connectivity index (χ3n) is 6.59. The van der Waals surface area contributed by atoms with Crippen molar-refractivity contribution in [2.75, 3.05) is 6.54 Å². The molecule has 0 radical (unpaired) electrons. The molecule has 2 N–H and O–H groups in total. The number of alkyl halides is 3. The first-order valence-corrected chi connectivity index (χ1v) is 12.5. The number of fused-ring (bicyclic) bond motifs is 1. The van der Waals surface area contributed by atoms with Gasteiger partial charge in [0.1, 0.15) is 18.0 Å². The molecule has 7 nitrogen and oxygen atoms in total. The Kier molecular flexibility index (Phi) is 6.90. The molecule has 11 heteroatoms. The van der Waals surface area contributed by atoms with Gasteiger partial charge in [-0.05, 0) is 61.7 Å². The third kappa shape index (κ3) is 5.37. The van der Waals surface area contributed by atoms with Gasteiger partial charge in [0, 0.05) is 6.54 Å². The van der Waals surface area contributed by atoms with Gasteiger partial charge in [0.15, 0.2) is 0 Å². The monoisotopic (exact) mass is 552 g/mol. The summed E-state index contributed by atoms with van der Waals surface area (Å²) in [6, 6.07) is 15.4. The fourth-order valence-electron chi connectivity index (χ4n) is 4.44. The molecule has 200 valence electrons. The largest absolute Gasteiger partial charge is 0.417 e. The molecule has 1 amide bonds. The highest BCUT2D eigenvalue weighted by atomic mass is 35.5.